The number of nitrogens with zero attached hydrogens (tertiary/aromatic N) is 2. The van der Waals surface area contributed by atoms with Crippen molar-refractivity contribution in [3.63, 3.8) is 0 Å². The number of anilines is 1. The molecule has 3 atom stereocenters. The summed E-state index contributed by atoms with van der Waals surface area (Å²) in [6.45, 7) is 1.96. The number of rotatable bonds is 10. The fraction of sp³-hybridized carbons (Fsp3) is 0.480. The number of carbonyl (C=O) groups excluding carboxylic acids is 1. The van der Waals surface area contributed by atoms with Gasteiger partial charge in [-0.2, -0.15) is 0 Å². The van der Waals surface area contributed by atoms with Gasteiger partial charge in [0, 0.05) is 10.8 Å². The average molecular weight is 441 g/mol. The molecule has 0 unspecified atom stereocenters. The third-order valence-electron chi connectivity index (χ3n) is 6.15. The molecule has 0 bridgehead atoms. The molecule has 32 heavy (non-hydrogen) atoms. The number of hydrogen-bond donors (Lipinski definition) is 1. The first kappa shape index (κ1) is 23.7. The average Bonchev–Trinajstić information content (AvgIpc) is 2.79. The highest BCUT2D eigenvalue weighted by Gasteiger charge is 2.45. The van der Waals surface area contributed by atoms with E-state index in [1.807, 2.05) is 42.5 Å². The molecule has 3 rings (SSSR count). The number of aliphatic hydroxyl groups is 1. The second-order valence-electron chi connectivity index (χ2n) is 8.37. The molecule has 1 aliphatic rings. The summed E-state index contributed by atoms with van der Waals surface area (Å²) in [5.74, 6) is -0.887. The van der Waals surface area contributed by atoms with E-state index in [1.54, 1.807) is 12.1 Å². The first-order valence-corrected chi connectivity index (χ1v) is 11.4. The van der Waals surface area contributed by atoms with Gasteiger partial charge in [-0.05, 0) is 23.6 Å². The summed E-state index contributed by atoms with van der Waals surface area (Å²) in [5, 5.41) is 22.7. The molecule has 7 nitrogen and oxygen atoms in total. The minimum Gasteiger partial charge on any atom is -0.444 e. The monoisotopic (exact) mass is 440 g/mol. The van der Waals surface area contributed by atoms with Gasteiger partial charge in [0.2, 0.25) is 6.54 Å². The van der Waals surface area contributed by atoms with Crippen molar-refractivity contribution in [3.8, 4) is 0 Å². The van der Waals surface area contributed by atoms with Crippen LogP contribution in [0.2, 0.25) is 0 Å². The van der Waals surface area contributed by atoms with Crippen LogP contribution in [0.4, 0.5) is 10.5 Å². The van der Waals surface area contributed by atoms with Gasteiger partial charge in [-0.3, -0.25) is 15.0 Å². The molecule has 2 aromatic carbocycles. The van der Waals surface area contributed by atoms with Crippen molar-refractivity contribution in [2.24, 2.45) is 5.92 Å². The maximum Gasteiger partial charge on any atom is 0.416 e. The van der Waals surface area contributed by atoms with Crippen molar-refractivity contribution < 1.29 is 19.6 Å². The highest BCUT2D eigenvalue weighted by molar-refractivity contribution is 5.90. The van der Waals surface area contributed by atoms with Crippen molar-refractivity contribution in [3.05, 3.63) is 75.8 Å². The summed E-state index contributed by atoms with van der Waals surface area (Å²) >= 11 is 0. The fourth-order valence-corrected chi connectivity index (χ4v) is 4.52. The van der Waals surface area contributed by atoms with Crippen molar-refractivity contribution >= 4 is 11.8 Å². The van der Waals surface area contributed by atoms with Gasteiger partial charge >= 0.3 is 6.09 Å². The Hall–Kier alpha value is -2.93. The Morgan fingerprint density at radius 2 is 1.75 bits per heavy atom. The second kappa shape index (κ2) is 11.6. The lowest BCUT2D eigenvalue weighted by atomic mass is 9.77. The molecule has 0 radical (unpaired) electrons. The van der Waals surface area contributed by atoms with Crippen LogP contribution >= 0.6 is 0 Å². The number of para-hydroxylation sites is 1. The number of unbranched alkanes of at least 4 members (excludes halogenated alkanes) is 4. The van der Waals surface area contributed by atoms with Crippen LogP contribution in [0.25, 0.3) is 0 Å². The van der Waals surface area contributed by atoms with E-state index in [1.165, 1.54) is 4.90 Å². The zero-order valence-electron chi connectivity index (χ0n) is 18.6. The van der Waals surface area contributed by atoms with Crippen molar-refractivity contribution in [2.45, 2.75) is 64.2 Å². The van der Waals surface area contributed by atoms with Gasteiger partial charge in [0.1, 0.15) is 12.8 Å². The van der Waals surface area contributed by atoms with E-state index in [-0.39, 0.29) is 18.1 Å². The first-order valence-electron chi connectivity index (χ1n) is 11.4. The minimum atomic E-state index is -1.18. The number of aliphatic hydroxyl groups excluding tert-OH is 1. The van der Waals surface area contributed by atoms with E-state index >= 15 is 0 Å². The SMILES string of the molecule is CCCCCCC[C@@H]1[C@H](C[N+](=O)[O-])c2ccccc2N(C(=O)OCc2ccccc2)[C@H]1O. The number of hydrogen-bond acceptors (Lipinski definition) is 5. The van der Waals surface area contributed by atoms with E-state index in [4.69, 9.17) is 4.74 Å². The predicted molar refractivity (Wildman–Crippen MR) is 123 cm³/mol. The smallest absolute Gasteiger partial charge is 0.416 e. The zero-order chi connectivity index (χ0) is 22.9. The minimum absolute atomic E-state index is 0.0884. The zero-order valence-corrected chi connectivity index (χ0v) is 18.6. The highest BCUT2D eigenvalue weighted by Crippen LogP contribution is 2.44. The Bertz CT molecular complexity index is 889. The topological polar surface area (TPSA) is 92.9 Å². The lowest BCUT2D eigenvalue weighted by Crippen LogP contribution is -2.51. The molecule has 172 valence electrons. The molecule has 7 heteroatoms. The molecule has 0 aromatic heterocycles. The summed E-state index contributed by atoms with van der Waals surface area (Å²) in [4.78, 5) is 25.4. The van der Waals surface area contributed by atoms with Gasteiger partial charge in [-0.1, -0.05) is 87.6 Å². The third-order valence-corrected chi connectivity index (χ3v) is 6.15. The van der Waals surface area contributed by atoms with Crippen LogP contribution < -0.4 is 4.90 Å². The Morgan fingerprint density at radius 1 is 1.06 bits per heavy atom. The first-order chi connectivity index (χ1) is 15.5. The number of benzene rings is 2. The van der Waals surface area contributed by atoms with E-state index in [0.717, 1.165) is 37.7 Å². The van der Waals surface area contributed by atoms with Gasteiger partial charge < -0.3 is 9.84 Å². The van der Waals surface area contributed by atoms with Crippen LogP contribution in [-0.4, -0.2) is 28.9 Å². The molecular weight excluding hydrogens is 408 g/mol. The summed E-state index contributed by atoms with van der Waals surface area (Å²) in [5.41, 5.74) is 2.04. The number of ether oxygens (including phenoxy) is 1. The molecule has 0 spiro atoms. The molecule has 0 saturated heterocycles. The predicted octanol–water partition coefficient (Wildman–Crippen LogP) is 5.50. The molecule has 0 aliphatic carbocycles. The maximum atomic E-state index is 13.0. The summed E-state index contributed by atoms with van der Waals surface area (Å²) in [6, 6.07) is 16.4. The van der Waals surface area contributed by atoms with Crippen LogP contribution in [0, 0.1) is 16.0 Å². The number of fused-ring (bicyclic) bond motifs is 1. The fourth-order valence-electron chi connectivity index (χ4n) is 4.52. The Labute approximate surface area is 189 Å². The third kappa shape index (κ3) is 5.85. The van der Waals surface area contributed by atoms with E-state index in [0.29, 0.717) is 17.7 Å². The van der Waals surface area contributed by atoms with Crippen LogP contribution in [0.15, 0.2) is 54.6 Å². The van der Waals surface area contributed by atoms with Crippen molar-refractivity contribution in [1.29, 1.82) is 0 Å². The van der Waals surface area contributed by atoms with E-state index < -0.39 is 24.2 Å². The van der Waals surface area contributed by atoms with Crippen molar-refractivity contribution in [1.82, 2.24) is 0 Å². The molecule has 0 fully saturated rings. The maximum absolute atomic E-state index is 13.0. The Balaban J connectivity index is 1.83. The van der Waals surface area contributed by atoms with Gasteiger partial charge in [0.25, 0.3) is 0 Å². The molecule has 1 heterocycles. The normalized spacial score (nSPS) is 19.9. The summed E-state index contributed by atoms with van der Waals surface area (Å²) < 4.78 is 5.51. The lowest BCUT2D eigenvalue weighted by Gasteiger charge is -2.42. The molecule has 1 amide bonds. The van der Waals surface area contributed by atoms with Gasteiger partial charge in [-0.15, -0.1) is 0 Å². The van der Waals surface area contributed by atoms with Crippen LogP contribution in [0.3, 0.4) is 0 Å². The second-order valence-corrected chi connectivity index (χ2v) is 8.37. The highest BCUT2D eigenvalue weighted by atomic mass is 16.6. The number of nitro groups is 1. The molecule has 1 aliphatic heterocycles. The van der Waals surface area contributed by atoms with Gasteiger partial charge in [-0.25, -0.2) is 4.79 Å². The van der Waals surface area contributed by atoms with Gasteiger partial charge in [0.15, 0.2) is 0 Å². The molecule has 1 N–H and O–H groups in total. The van der Waals surface area contributed by atoms with Gasteiger partial charge in [0.05, 0.1) is 11.6 Å². The van der Waals surface area contributed by atoms with Crippen LogP contribution in [0.5, 0.6) is 0 Å². The van der Waals surface area contributed by atoms with E-state index in [9.17, 15) is 20.0 Å². The van der Waals surface area contributed by atoms with E-state index in [2.05, 4.69) is 6.92 Å². The standard InChI is InChI=1S/C25H32N2O5/c1-2-3-4-5-9-15-21-22(17-26(30)31)20-14-10-11-16-23(20)27(24(21)28)25(29)32-18-19-12-7-6-8-13-19/h6-8,10-14,16,21-22,24,28H,2-5,9,15,17-18H2,1H3/t21-,22-,24+/m1/s1. The Morgan fingerprint density at radius 3 is 2.47 bits per heavy atom. The van der Waals surface area contributed by atoms with Crippen molar-refractivity contribution in [2.75, 3.05) is 11.4 Å². The Kier molecular flexibility index (Phi) is 8.62. The molecular formula is C25H32N2O5. The van der Waals surface area contributed by atoms with Crippen LogP contribution in [-0.2, 0) is 11.3 Å². The molecule has 0 saturated carbocycles. The number of carbonyl (C=O) groups is 1. The molecule has 2 aromatic rings. The summed E-state index contributed by atoms with van der Waals surface area (Å²) in [7, 11) is 0. The van der Waals surface area contributed by atoms with Crippen LogP contribution in [0.1, 0.15) is 62.5 Å². The quantitative estimate of drug-likeness (QED) is 0.299. The summed E-state index contributed by atoms with van der Waals surface area (Å²) in [6.07, 6.45) is 4.01. The largest absolute Gasteiger partial charge is 0.444 e. The number of amides is 1. The lowest BCUT2D eigenvalue weighted by molar-refractivity contribution is -0.485.